The van der Waals surface area contributed by atoms with Crippen LogP contribution in [0.15, 0.2) is 98.1 Å². The third-order valence-electron chi connectivity index (χ3n) is 9.13. The van der Waals surface area contributed by atoms with Crippen LogP contribution in [-0.2, 0) is 25.5 Å². The van der Waals surface area contributed by atoms with Crippen LogP contribution >= 0.6 is 11.8 Å². The summed E-state index contributed by atoms with van der Waals surface area (Å²) in [6.07, 6.45) is 4.92. The lowest BCUT2D eigenvalue weighted by Crippen LogP contribution is -2.58. The number of rotatable bonds is 11. The number of fused-ring (bicyclic) bond motifs is 2. The Balaban J connectivity index is 1.44. The number of esters is 1. The third kappa shape index (κ3) is 4.96. The number of benzene rings is 3. The molecule has 0 aromatic heterocycles. The van der Waals surface area contributed by atoms with Crippen molar-refractivity contribution in [3.63, 3.8) is 0 Å². The molecule has 2 unspecified atom stereocenters. The summed E-state index contributed by atoms with van der Waals surface area (Å²) in [5, 5.41) is 12.7. The molecule has 6 atom stereocenters. The highest BCUT2D eigenvalue weighted by Crippen LogP contribution is 2.67. The van der Waals surface area contributed by atoms with Crippen LogP contribution in [0.25, 0.3) is 10.8 Å². The molecule has 3 aliphatic rings. The van der Waals surface area contributed by atoms with Crippen LogP contribution in [-0.4, -0.2) is 69.6 Å². The second kappa shape index (κ2) is 12.0. The van der Waals surface area contributed by atoms with Crippen LogP contribution in [0, 0.1) is 11.8 Å². The number of thioether (sulfide) groups is 1. The van der Waals surface area contributed by atoms with Gasteiger partial charge >= 0.3 is 5.97 Å². The lowest BCUT2D eigenvalue weighted by molar-refractivity contribution is -0.153. The number of amides is 2. The van der Waals surface area contributed by atoms with Gasteiger partial charge in [-0.3, -0.25) is 14.4 Å². The molecule has 2 bridgehead atoms. The van der Waals surface area contributed by atoms with Gasteiger partial charge in [-0.1, -0.05) is 79.4 Å². The molecule has 1 N–H and O–H groups in total. The number of aliphatic hydroxyl groups excluding tert-OH is 1. The van der Waals surface area contributed by atoms with E-state index in [9.17, 15) is 19.5 Å². The zero-order valence-electron chi connectivity index (χ0n) is 24.0. The zero-order valence-corrected chi connectivity index (χ0v) is 24.8. The molecule has 3 saturated heterocycles. The van der Waals surface area contributed by atoms with Crippen LogP contribution in [0.1, 0.15) is 18.4 Å². The molecule has 3 fully saturated rings. The monoisotopic (exact) mass is 596 g/mol. The number of carbonyl (C=O) groups is 3. The van der Waals surface area contributed by atoms with E-state index in [1.807, 2.05) is 72.8 Å². The molecule has 43 heavy (non-hydrogen) atoms. The molecule has 3 aromatic carbocycles. The van der Waals surface area contributed by atoms with Crippen LogP contribution in [0.3, 0.4) is 0 Å². The van der Waals surface area contributed by atoms with Gasteiger partial charge in [0.2, 0.25) is 5.91 Å². The first kappa shape index (κ1) is 29.2. The summed E-state index contributed by atoms with van der Waals surface area (Å²) in [7, 11) is 0. The Morgan fingerprint density at radius 2 is 1.81 bits per heavy atom. The van der Waals surface area contributed by atoms with Gasteiger partial charge in [0.05, 0.1) is 29.2 Å². The van der Waals surface area contributed by atoms with Gasteiger partial charge in [0, 0.05) is 17.5 Å². The Morgan fingerprint density at radius 3 is 2.53 bits per heavy atom. The van der Waals surface area contributed by atoms with Gasteiger partial charge in [-0.05, 0) is 47.7 Å². The smallest absolute Gasteiger partial charge is 0.311 e. The van der Waals surface area contributed by atoms with E-state index in [4.69, 9.17) is 4.74 Å². The van der Waals surface area contributed by atoms with Gasteiger partial charge in [-0.2, -0.15) is 0 Å². The Bertz CT molecular complexity index is 1560. The van der Waals surface area contributed by atoms with E-state index >= 15 is 0 Å². The van der Waals surface area contributed by atoms with Gasteiger partial charge < -0.3 is 19.6 Å². The molecule has 0 saturated carbocycles. The number of aliphatic hydroxyl groups is 1. The van der Waals surface area contributed by atoms with Crippen molar-refractivity contribution in [2.75, 3.05) is 24.7 Å². The first-order chi connectivity index (χ1) is 20.9. The van der Waals surface area contributed by atoms with E-state index in [1.54, 1.807) is 27.6 Å². The van der Waals surface area contributed by atoms with E-state index < -0.39 is 34.6 Å². The summed E-state index contributed by atoms with van der Waals surface area (Å²) in [6, 6.07) is 22.0. The Kier molecular flexibility index (Phi) is 8.16. The van der Waals surface area contributed by atoms with Crippen LogP contribution in [0.2, 0.25) is 0 Å². The fraction of sp³-hybridized carbons (Fsp3) is 0.343. The SMILES string of the molecule is C=CCOC(=O)[C@@H]1[C@H]2C(=O)N([C@@H](CO)Cc3ccccc3)C(C(=O)N(CC=C)c3ccc4ccccc4c3)C23CC[C@H]1S3. The molecule has 6 rings (SSSR count). The van der Waals surface area contributed by atoms with Crippen LogP contribution in [0.5, 0.6) is 0 Å². The predicted molar refractivity (Wildman–Crippen MR) is 170 cm³/mol. The van der Waals surface area contributed by atoms with E-state index in [1.165, 1.54) is 6.08 Å². The van der Waals surface area contributed by atoms with Crippen molar-refractivity contribution in [3.8, 4) is 0 Å². The molecule has 0 radical (unpaired) electrons. The molecule has 8 heteroatoms. The quantitative estimate of drug-likeness (QED) is 0.253. The minimum absolute atomic E-state index is 0.0645. The van der Waals surface area contributed by atoms with Gasteiger partial charge in [0.15, 0.2) is 0 Å². The number of anilines is 1. The summed E-state index contributed by atoms with van der Waals surface area (Å²) in [6.45, 7) is 7.57. The molecular weight excluding hydrogens is 560 g/mol. The molecule has 3 heterocycles. The van der Waals surface area contributed by atoms with Crippen molar-refractivity contribution in [3.05, 3.63) is 104 Å². The van der Waals surface area contributed by atoms with Crippen molar-refractivity contribution >= 4 is 46.0 Å². The predicted octanol–water partition coefficient (Wildman–Crippen LogP) is 4.78. The maximum Gasteiger partial charge on any atom is 0.311 e. The first-order valence-corrected chi connectivity index (χ1v) is 15.6. The standard InChI is InChI=1S/C35H36N2O5S/c1-3-18-36(26-15-14-24-12-8-9-13-25(24)21-26)33(40)31-35-17-16-28(43-35)29(34(41)42-19-4-2)30(35)32(39)37(31)27(22-38)20-23-10-6-5-7-11-23/h3-15,21,27-31,38H,1-2,16-20,22H2/t27-,28-,29+,30+,31?,35?/m1/s1. The van der Waals surface area contributed by atoms with E-state index in [0.717, 1.165) is 16.3 Å². The van der Waals surface area contributed by atoms with Gasteiger partial charge in [0.25, 0.3) is 5.91 Å². The first-order valence-electron chi connectivity index (χ1n) is 14.8. The van der Waals surface area contributed by atoms with Crippen molar-refractivity contribution < 1.29 is 24.2 Å². The molecule has 3 aromatic rings. The van der Waals surface area contributed by atoms with Gasteiger partial charge in [-0.25, -0.2) is 0 Å². The normalized spacial score (nSPS) is 26.3. The summed E-state index contributed by atoms with van der Waals surface area (Å²) in [5.41, 5.74) is 1.66. The topological polar surface area (TPSA) is 87.1 Å². The lowest BCUT2D eigenvalue weighted by atomic mass is 9.71. The summed E-state index contributed by atoms with van der Waals surface area (Å²) >= 11 is 1.59. The second-order valence-corrected chi connectivity index (χ2v) is 13.1. The van der Waals surface area contributed by atoms with Crippen molar-refractivity contribution in [1.82, 2.24) is 4.90 Å². The fourth-order valence-corrected chi connectivity index (χ4v) is 9.54. The number of carbonyl (C=O) groups excluding carboxylic acids is 3. The molecule has 1 spiro atoms. The molecule has 222 valence electrons. The minimum atomic E-state index is -0.871. The number of likely N-dealkylation sites (tertiary alicyclic amines) is 1. The van der Waals surface area contributed by atoms with E-state index in [2.05, 4.69) is 13.2 Å². The van der Waals surface area contributed by atoms with E-state index in [0.29, 0.717) is 24.9 Å². The maximum atomic E-state index is 14.9. The largest absolute Gasteiger partial charge is 0.461 e. The Labute approximate surface area is 256 Å². The summed E-state index contributed by atoms with van der Waals surface area (Å²) < 4.78 is 4.68. The van der Waals surface area contributed by atoms with Gasteiger partial charge in [0.1, 0.15) is 12.6 Å². The third-order valence-corrected chi connectivity index (χ3v) is 11.1. The highest BCUT2D eigenvalue weighted by molar-refractivity contribution is 8.02. The Hall–Kier alpha value is -3.88. The van der Waals surface area contributed by atoms with Crippen molar-refractivity contribution in [2.24, 2.45) is 11.8 Å². The lowest BCUT2D eigenvalue weighted by Gasteiger charge is -2.39. The number of hydrogen-bond donors (Lipinski definition) is 1. The minimum Gasteiger partial charge on any atom is -0.461 e. The molecule has 0 aliphatic carbocycles. The zero-order chi connectivity index (χ0) is 30.1. The Morgan fingerprint density at radius 1 is 1.07 bits per heavy atom. The molecule has 3 aliphatic heterocycles. The molecule has 7 nitrogen and oxygen atoms in total. The number of nitrogens with zero attached hydrogens (tertiary/aromatic N) is 2. The van der Waals surface area contributed by atoms with Gasteiger partial charge in [-0.15, -0.1) is 18.3 Å². The van der Waals surface area contributed by atoms with Crippen LogP contribution in [0.4, 0.5) is 5.69 Å². The molecular formula is C35H36N2O5S. The number of hydrogen-bond acceptors (Lipinski definition) is 6. The van der Waals surface area contributed by atoms with Crippen molar-refractivity contribution in [1.29, 1.82) is 0 Å². The van der Waals surface area contributed by atoms with E-state index in [-0.39, 0.29) is 36.8 Å². The molecule has 2 amide bonds. The average Bonchev–Trinajstić information content (AvgIpc) is 3.68. The second-order valence-electron chi connectivity index (χ2n) is 11.5. The number of ether oxygens (including phenoxy) is 1. The summed E-state index contributed by atoms with van der Waals surface area (Å²) in [5.74, 6) is -2.29. The summed E-state index contributed by atoms with van der Waals surface area (Å²) in [4.78, 5) is 46.1. The average molecular weight is 597 g/mol. The van der Waals surface area contributed by atoms with Crippen LogP contribution < -0.4 is 4.90 Å². The highest BCUT2D eigenvalue weighted by atomic mass is 32.2. The van der Waals surface area contributed by atoms with Crippen molar-refractivity contribution in [2.45, 2.75) is 41.3 Å². The fourth-order valence-electron chi connectivity index (χ4n) is 7.35. The highest BCUT2D eigenvalue weighted by Gasteiger charge is 2.74. The maximum absolute atomic E-state index is 14.9.